The van der Waals surface area contributed by atoms with E-state index in [1.165, 1.54) is 6.20 Å². The fraction of sp³-hybridized carbons (Fsp3) is 0.500. The quantitative estimate of drug-likeness (QED) is 0.781. The molecule has 0 radical (unpaired) electrons. The summed E-state index contributed by atoms with van der Waals surface area (Å²) in [6.07, 6.45) is -3.15. The lowest BCUT2D eigenvalue weighted by Gasteiger charge is -2.09. The molecule has 1 rings (SSSR count). The molecule has 1 N–H and O–H groups in total. The fourth-order valence-corrected chi connectivity index (χ4v) is 1.10. The van der Waals surface area contributed by atoms with Crippen LogP contribution in [0.15, 0.2) is 18.3 Å². The van der Waals surface area contributed by atoms with Crippen LogP contribution in [0.5, 0.6) is 5.75 Å². The van der Waals surface area contributed by atoms with E-state index in [0.717, 1.165) is 5.69 Å². The van der Waals surface area contributed by atoms with Crippen molar-refractivity contribution in [3.63, 3.8) is 0 Å². The van der Waals surface area contributed by atoms with E-state index >= 15 is 0 Å². The number of hydrogen-bond acceptors (Lipinski definition) is 4. The summed E-state index contributed by atoms with van der Waals surface area (Å²) in [6, 6.07) is 3.38. The van der Waals surface area contributed by atoms with E-state index < -0.39 is 13.0 Å². The van der Waals surface area contributed by atoms with Crippen molar-refractivity contribution in [2.45, 2.75) is 12.9 Å². The minimum atomic E-state index is -4.61. The van der Waals surface area contributed by atoms with Crippen LogP contribution in [0, 0.1) is 0 Å². The molecule has 0 aliphatic heterocycles. The second kappa shape index (κ2) is 6.41. The number of halogens is 3. The first kappa shape index (κ1) is 13.7. The fourth-order valence-electron chi connectivity index (χ4n) is 1.10. The van der Waals surface area contributed by atoms with Crippen molar-refractivity contribution >= 4 is 0 Å². The molecule has 0 bridgehead atoms. The third-order valence-corrected chi connectivity index (χ3v) is 1.77. The topological polar surface area (TPSA) is 43.4 Å². The second-order valence-electron chi connectivity index (χ2n) is 3.16. The Morgan fingerprint density at radius 2 is 2.06 bits per heavy atom. The van der Waals surface area contributed by atoms with E-state index in [-0.39, 0.29) is 6.61 Å². The van der Waals surface area contributed by atoms with Crippen LogP contribution >= 0.6 is 0 Å². The standard InChI is InChI=1S/C10H13F3N2O2/c1-14-6-8-2-3-9(7-15-8)16-4-5-17-10(11,12)13/h2-3,7,14H,4-6H2,1H3. The van der Waals surface area contributed by atoms with Crippen molar-refractivity contribution < 1.29 is 22.6 Å². The summed E-state index contributed by atoms with van der Waals surface area (Å²) < 4.78 is 43.5. The van der Waals surface area contributed by atoms with Gasteiger partial charge in [-0.3, -0.25) is 9.72 Å². The van der Waals surface area contributed by atoms with Gasteiger partial charge in [0.15, 0.2) is 0 Å². The summed E-state index contributed by atoms with van der Waals surface area (Å²) in [7, 11) is 1.79. The normalized spacial score (nSPS) is 11.5. The molecule has 0 aliphatic carbocycles. The SMILES string of the molecule is CNCc1ccc(OCCOC(F)(F)F)cn1. The number of pyridine rings is 1. The van der Waals surface area contributed by atoms with E-state index in [1.807, 2.05) is 0 Å². The van der Waals surface area contributed by atoms with E-state index in [4.69, 9.17) is 4.74 Å². The van der Waals surface area contributed by atoms with E-state index in [2.05, 4.69) is 15.0 Å². The van der Waals surface area contributed by atoms with Crippen LogP contribution in [0.2, 0.25) is 0 Å². The molecule has 0 saturated carbocycles. The van der Waals surface area contributed by atoms with Gasteiger partial charge in [0.1, 0.15) is 12.4 Å². The Bertz CT molecular complexity index is 327. The molecular weight excluding hydrogens is 237 g/mol. The lowest BCUT2D eigenvalue weighted by Crippen LogP contribution is -2.18. The third kappa shape index (κ3) is 6.08. The van der Waals surface area contributed by atoms with Crippen molar-refractivity contribution in [2.24, 2.45) is 0 Å². The number of alkyl halides is 3. The average molecular weight is 250 g/mol. The summed E-state index contributed by atoms with van der Waals surface area (Å²) in [5.74, 6) is 0.413. The van der Waals surface area contributed by atoms with Gasteiger partial charge >= 0.3 is 6.36 Å². The number of rotatable bonds is 6. The zero-order valence-corrected chi connectivity index (χ0v) is 9.25. The van der Waals surface area contributed by atoms with Gasteiger partial charge in [-0.15, -0.1) is 13.2 Å². The highest BCUT2D eigenvalue weighted by atomic mass is 19.4. The highest BCUT2D eigenvalue weighted by molar-refractivity contribution is 5.19. The van der Waals surface area contributed by atoms with Gasteiger partial charge in [0.25, 0.3) is 0 Å². The van der Waals surface area contributed by atoms with Gasteiger partial charge in [-0.25, -0.2) is 0 Å². The Kier molecular flexibility index (Phi) is 5.17. The maximum absolute atomic E-state index is 11.6. The largest absolute Gasteiger partial charge is 0.522 e. The molecule has 7 heteroatoms. The minimum Gasteiger partial charge on any atom is -0.490 e. The van der Waals surface area contributed by atoms with Gasteiger partial charge in [-0.1, -0.05) is 0 Å². The summed E-state index contributed by atoms with van der Waals surface area (Å²) in [5.41, 5.74) is 0.825. The number of hydrogen-bond donors (Lipinski definition) is 1. The summed E-state index contributed by atoms with van der Waals surface area (Å²) in [6.45, 7) is -0.0915. The van der Waals surface area contributed by atoms with Crippen LogP contribution in [0.1, 0.15) is 5.69 Å². The molecule has 0 unspecified atom stereocenters. The van der Waals surface area contributed by atoms with Crippen molar-refractivity contribution in [2.75, 3.05) is 20.3 Å². The molecule has 1 aromatic heterocycles. The first-order valence-corrected chi connectivity index (χ1v) is 4.94. The van der Waals surface area contributed by atoms with Crippen molar-refractivity contribution in [3.05, 3.63) is 24.0 Å². The van der Waals surface area contributed by atoms with Gasteiger partial charge < -0.3 is 10.1 Å². The van der Waals surface area contributed by atoms with Gasteiger partial charge in [-0.05, 0) is 19.2 Å². The summed E-state index contributed by atoms with van der Waals surface area (Å²) in [4.78, 5) is 4.05. The molecule has 0 saturated heterocycles. The Balaban J connectivity index is 2.27. The van der Waals surface area contributed by atoms with E-state index in [0.29, 0.717) is 12.3 Å². The van der Waals surface area contributed by atoms with Crippen LogP contribution in [-0.4, -0.2) is 31.6 Å². The predicted molar refractivity (Wildman–Crippen MR) is 54.5 cm³/mol. The summed E-state index contributed by atoms with van der Waals surface area (Å²) in [5, 5.41) is 2.92. The molecule has 0 fully saturated rings. The van der Waals surface area contributed by atoms with Gasteiger partial charge in [0.2, 0.25) is 0 Å². The highest BCUT2D eigenvalue weighted by Crippen LogP contribution is 2.16. The van der Waals surface area contributed by atoms with Gasteiger partial charge in [0.05, 0.1) is 18.5 Å². The molecule has 1 heterocycles. The van der Waals surface area contributed by atoms with Crippen LogP contribution in [0.3, 0.4) is 0 Å². The Morgan fingerprint density at radius 3 is 2.59 bits per heavy atom. The third-order valence-electron chi connectivity index (χ3n) is 1.77. The molecule has 0 spiro atoms. The van der Waals surface area contributed by atoms with E-state index in [9.17, 15) is 13.2 Å². The molecule has 0 aromatic carbocycles. The second-order valence-corrected chi connectivity index (χ2v) is 3.16. The first-order chi connectivity index (χ1) is 8.01. The predicted octanol–water partition coefficient (Wildman–Crippen LogP) is 1.72. The Morgan fingerprint density at radius 1 is 1.29 bits per heavy atom. The van der Waals surface area contributed by atoms with Crippen LogP contribution < -0.4 is 10.1 Å². The lowest BCUT2D eigenvalue weighted by atomic mass is 10.3. The van der Waals surface area contributed by atoms with E-state index in [1.54, 1.807) is 19.2 Å². The molecule has 96 valence electrons. The zero-order chi connectivity index (χ0) is 12.7. The summed E-state index contributed by atoms with van der Waals surface area (Å²) >= 11 is 0. The van der Waals surface area contributed by atoms with Crippen molar-refractivity contribution in [1.82, 2.24) is 10.3 Å². The monoisotopic (exact) mass is 250 g/mol. The van der Waals surface area contributed by atoms with Crippen molar-refractivity contribution in [3.8, 4) is 5.75 Å². The number of ether oxygens (including phenoxy) is 2. The first-order valence-electron chi connectivity index (χ1n) is 4.94. The molecule has 17 heavy (non-hydrogen) atoms. The van der Waals surface area contributed by atoms with Crippen LogP contribution in [0.25, 0.3) is 0 Å². The van der Waals surface area contributed by atoms with Gasteiger partial charge in [0, 0.05) is 6.54 Å². The Hall–Kier alpha value is -1.34. The zero-order valence-electron chi connectivity index (χ0n) is 9.25. The highest BCUT2D eigenvalue weighted by Gasteiger charge is 2.28. The molecule has 0 aliphatic rings. The molecule has 0 atom stereocenters. The molecule has 4 nitrogen and oxygen atoms in total. The lowest BCUT2D eigenvalue weighted by molar-refractivity contribution is -0.325. The van der Waals surface area contributed by atoms with Gasteiger partial charge in [-0.2, -0.15) is 0 Å². The average Bonchev–Trinajstić information content (AvgIpc) is 2.26. The van der Waals surface area contributed by atoms with Crippen LogP contribution in [0.4, 0.5) is 13.2 Å². The molecular formula is C10H13F3N2O2. The number of nitrogens with zero attached hydrogens (tertiary/aromatic N) is 1. The number of nitrogens with one attached hydrogen (secondary N) is 1. The maximum atomic E-state index is 11.6. The van der Waals surface area contributed by atoms with Crippen LogP contribution in [-0.2, 0) is 11.3 Å². The maximum Gasteiger partial charge on any atom is 0.522 e. The molecule has 0 amide bonds. The smallest absolute Gasteiger partial charge is 0.490 e. The Labute approximate surface area is 96.7 Å². The van der Waals surface area contributed by atoms with Crippen molar-refractivity contribution in [1.29, 1.82) is 0 Å². The number of aromatic nitrogens is 1. The minimum absolute atomic E-state index is 0.174. The molecule has 1 aromatic rings.